The van der Waals surface area contributed by atoms with Crippen LogP contribution >= 0.6 is 0 Å². The minimum Gasteiger partial charge on any atom is -0.453 e. The van der Waals surface area contributed by atoms with E-state index in [4.69, 9.17) is 15.0 Å². The predicted molar refractivity (Wildman–Crippen MR) is 131 cm³/mol. The molecule has 0 saturated carbocycles. The van der Waals surface area contributed by atoms with E-state index >= 15 is 0 Å². The van der Waals surface area contributed by atoms with E-state index in [1.54, 1.807) is 18.7 Å². The molecule has 0 unspecified atom stereocenters. The fourth-order valence-electron chi connectivity index (χ4n) is 3.50. The van der Waals surface area contributed by atoms with E-state index in [0.717, 1.165) is 32.5 Å². The zero-order chi connectivity index (χ0) is 25.3. The summed E-state index contributed by atoms with van der Waals surface area (Å²) in [6.45, 7) is 7.83. The number of anilines is 1. The third-order valence-electron chi connectivity index (χ3n) is 5.74. The normalized spacial score (nSPS) is 14.7. The van der Waals surface area contributed by atoms with Crippen molar-refractivity contribution >= 4 is 21.7 Å². The molecule has 3 rings (SSSR count). The highest BCUT2D eigenvalue weighted by Crippen LogP contribution is 2.19. The van der Waals surface area contributed by atoms with E-state index in [9.17, 15) is 13.2 Å². The Kier molecular flexibility index (Phi) is 10.2. The van der Waals surface area contributed by atoms with Crippen LogP contribution in [0, 0.1) is 13.8 Å². The van der Waals surface area contributed by atoms with Crippen LogP contribution in [0.4, 0.5) is 5.69 Å². The quantitative estimate of drug-likeness (QED) is 0.555. The van der Waals surface area contributed by atoms with Gasteiger partial charge in [-0.1, -0.05) is 30.3 Å². The van der Waals surface area contributed by atoms with Crippen LogP contribution in [0.5, 0.6) is 6.01 Å². The topological polar surface area (TPSA) is 139 Å². The zero-order valence-corrected chi connectivity index (χ0v) is 21.1. The molecule has 1 amide bonds. The molecule has 1 saturated heterocycles. The van der Waals surface area contributed by atoms with Crippen LogP contribution in [0.25, 0.3) is 0 Å². The van der Waals surface area contributed by atoms with Crippen molar-refractivity contribution in [2.75, 3.05) is 38.2 Å². The van der Waals surface area contributed by atoms with Crippen LogP contribution in [0.2, 0.25) is 0 Å². The number of amides is 1. The number of hydrogen-bond acceptors (Lipinski definition) is 8. The van der Waals surface area contributed by atoms with Gasteiger partial charge in [0.15, 0.2) is 6.61 Å². The zero-order valence-electron chi connectivity index (χ0n) is 20.3. The summed E-state index contributed by atoms with van der Waals surface area (Å²) in [5, 5.41) is 0. The largest absolute Gasteiger partial charge is 0.453 e. The number of aromatic nitrogens is 2. The molecule has 0 atom stereocenters. The van der Waals surface area contributed by atoms with Gasteiger partial charge in [0.05, 0.1) is 22.8 Å². The molecule has 1 aliphatic rings. The first-order valence-corrected chi connectivity index (χ1v) is 12.8. The van der Waals surface area contributed by atoms with E-state index in [-0.39, 0.29) is 30.3 Å². The Morgan fingerprint density at radius 1 is 1.18 bits per heavy atom. The van der Waals surface area contributed by atoms with Crippen LogP contribution < -0.4 is 10.5 Å². The molecule has 1 fully saturated rings. The molecule has 3 N–H and O–H groups in total. The summed E-state index contributed by atoms with van der Waals surface area (Å²) in [5.74, 6) is -0.259. The Balaban J connectivity index is 0.000000604. The molecule has 188 valence electrons. The Morgan fingerprint density at radius 2 is 1.71 bits per heavy atom. The van der Waals surface area contributed by atoms with E-state index in [1.807, 2.05) is 13.1 Å². The molecule has 1 aliphatic heterocycles. The van der Waals surface area contributed by atoms with Crippen molar-refractivity contribution in [2.24, 2.45) is 0 Å². The molecule has 0 bridgehead atoms. The number of rotatable bonds is 7. The summed E-state index contributed by atoms with van der Waals surface area (Å²) in [4.78, 5) is 25.2. The van der Waals surface area contributed by atoms with Gasteiger partial charge in [-0.15, -0.1) is 0 Å². The lowest BCUT2D eigenvalue weighted by molar-refractivity contribution is -0.135. The number of benzene rings is 1. The molecule has 1 aromatic heterocycles. The average Bonchev–Trinajstić information content (AvgIpc) is 2.81. The number of carbonyl (C=O) groups is 1. The molecular weight excluding hydrogens is 458 g/mol. The highest BCUT2D eigenvalue weighted by Gasteiger charge is 2.25. The molecule has 1 aromatic carbocycles. The Morgan fingerprint density at radius 3 is 2.21 bits per heavy atom. The average molecular weight is 494 g/mol. The maximum absolute atomic E-state index is 12.5. The summed E-state index contributed by atoms with van der Waals surface area (Å²) >= 11 is 0. The fraction of sp³-hybridized carbons (Fsp3) is 0.522. The smallest absolute Gasteiger partial charge is 0.317 e. The molecule has 10 nitrogen and oxygen atoms in total. The van der Waals surface area contributed by atoms with Crippen LogP contribution in [-0.4, -0.2) is 77.2 Å². The Hall–Kier alpha value is -2.76. The monoisotopic (exact) mass is 493 g/mol. The molecule has 11 heteroatoms. The van der Waals surface area contributed by atoms with Gasteiger partial charge in [-0.25, -0.2) is 0 Å². The van der Waals surface area contributed by atoms with E-state index in [2.05, 4.69) is 39.1 Å². The van der Waals surface area contributed by atoms with Crippen LogP contribution in [0.15, 0.2) is 30.3 Å². The van der Waals surface area contributed by atoms with Gasteiger partial charge in [0, 0.05) is 32.7 Å². The molecule has 0 spiro atoms. The molecule has 34 heavy (non-hydrogen) atoms. The number of likely N-dealkylation sites (N-methyl/N-ethyl adjacent to an activating group) is 1. The first-order valence-electron chi connectivity index (χ1n) is 11.2. The van der Waals surface area contributed by atoms with E-state index in [1.165, 1.54) is 12.5 Å². The van der Waals surface area contributed by atoms with Crippen LogP contribution in [0.3, 0.4) is 0 Å². The maximum Gasteiger partial charge on any atom is 0.317 e. The number of likely N-dealkylation sites (tertiary alicyclic amines) is 1. The van der Waals surface area contributed by atoms with Crippen molar-refractivity contribution in [3.63, 3.8) is 0 Å². The number of nitrogens with zero attached hydrogens (tertiary/aromatic N) is 4. The fourth-order valence-corrected chi connectivity index (χ4v) is 3.50. The van der Waals surface area contributed by atoms with Gasteiger partial charge >= 0.3 is 6.01 Å². The van der Waals surface area contributed by atoms with Gasteiger partial charge in [-0.05, 0) is 39.2 Å². The second kappa shape index (κ2) is 12.6. The third kappa shape index (κ3) is 8.88. The summed E-state index contributed by atoms with van der Waals surface area (Å²) in [6, 6.07) is 10.9. The number of hydrogen-bond donors (Lipinski definition) is 2. The first-order chi connectivity index (χ1) is 16.0. The number of aryl methyl sites for hydroxylation is 2. The van der Waals surface area contributed by atoms with Gasteiger partial charge < -0.3 is 15.4 Å². The number of piperidine rings is 1. The second-order valence-electron chi connectivity index (χ2n) is 8.25. The van der Waals surface area contributed by atoms with Gasteiger partial charge in [-0.2, -0.15) is 18.4 Å². The summed E-state index contributed by atoms with van der Waals surface area (Å²) in [6.07, 6.45) is 1.93. The molecule has 0 aliphatic carbocycles. The van der Waals surface area contributed by atoms with Gasteiger partial charge in [0.1, 0.15) is 0 Å². The number of nitrogen functional groups attached to an aromatic ring is 1. The predicted octanol–water partition coefficient (Wildman–Crippen LogP) is 2.07. The third-order valence-corrected chi connectivity index (χ3v) is 6.47. The second-order valence-corrected chi connectivity index (χ2v) is 9.99. The Bertz CT molecular complexity index is 1020. The molecule has 2 aromatic rings. The lowest BCUT2D eigenvalue weighted by atomic mass is 10.0. The van der Waals surface area contributed by atoms with Crippen LogP contribution in [0.1, 0.15) is 36.7 Å². The first kappa shape index (κ1) is 27.5. The maximum atomic E-state index is 12.5. The number of ether oxygens (including phenoxy) is 1. The SMILES string of the molecule is CCS(=O)(=O)O.Cc1nc(OCC(=O)N(C)C2CCN(Cc3ccccc3)CC2)nc(C)c1N. The van der Waals surface area contributed by atoms with Crippen molar-refractivity contribution in [3.05, 3.63) is 47.3 Å². The standard InChI is InChI=1S/C21H29N5O2.C2H6O3S/c1-15-20(22)16(2)24-21(23-15)28-14-19(27)25(3)18-9-11-26(12-10-18)13-17-7-5-4-6-8-17;1-2-6(3,4)5/h4-8,18H,9-14,22H2,1-3H3;2H2,1H3,(H,3,4,5). The molecule has 0 radical (unpaired) electrons. The van der Waals surface area contributed by atoms with Crippen molar-refractivity contribution < 1.29 is 22.5 Å². The highest BCUT2D eigenvalue weighted by atomic mass is 32.2. The molecule has 2 heterocycles. The van der Waals surface area contributed by atoms with Crippen molar-refractivity contribution in [2.45, 2.75) is 46.2 Å². The van der Waals surface area contributed by atoms with Crippen molar-refractivity contribution in [1.82, 2.24) is 19.8 Å². The molecular formula is C23H35N5O5S. The van der Waals surface area contributed by atoms with E-state index in [0.29, 0.717) is 17.1 Å². The highest BCUT2D eigenvalue weighted by molar-refractivity contribution is 7.85. The summed E-state index contributed by atoms with van der Waals surface area (Å²) in [5.41, 5.74) is 9.06. The summed E-state index contributed by atoms with van der Waals surface area (Å²) < 4.78 is 32.4. The van der Waals surface area contributed by atoms with Gasteiger partial charge in [-0.3, -0.25) is 14.2 Å². The number of carbonyl (C=O) groups excluding carboxylic acids is 1. The van der Waals surface area contributed by atoms with Crippen molar-refractivity contribution in [1.29, 1.82) is 0 Å². The minimum atomic E-state index is -3.66. The lowest BCUT2D eigenvalue weighted by Crippen LogP contribution is -2.46. The number of nitrogens with two attached hydrogens (primary N) is 1. The van der Waals surface area contributed by atoms with E-state index < -0.39 is 10.1 Å². The van der Waals surface area contributed by atoms with Crippen molar-refractivity contribution in [3.8, 4) is 6.01 Å². The minimum absolute atomic E-state index is 0.0581. The van der Waals surface area contributed by atoms with Crippen LogP contribution in [-0.2, 0) is 21.5 Å². The van der Waals surface area contributed by atoms with Gasteiger partial charge in [0.2, 0.25) is 0 Å². The lowest BCUT2D eigenvalue weighted by Gasteiger charge is -2.36. The summed E-state index contributed by atoms with van der Waals surface area (Å²) in [7, 11) is -1.81. The Labute approximate surface area is 201 Å². The van der Waals surface area contributed by atoms with Gasteiger partial charge in [0.25, 0.3) is 16.0 Å².